The molecule has 0 amide bonds. The Hall–Kier alpha value is -2.97. The van der Waals surface area contributed by atoms with E-state index in [1.54, 1.807) is 14.2 Å². The predicted octanol–water partition coefficient (Wildman–Crippen LogP) is 3.84. The highest BCUT2D eigenvalue weighted by Crippen LogP contribution is 2.29. The second kappa shape index (κ2) is 12.1. The summed E-state index contributed by atoms with van der Waals surface area (Å²) in [5.41, 5.74) is 2.54. The smallest absolute Gasteiger partial charge is 0.168 e. The van der Waals surface area contributed by atoms with Gasteiger partial charge in [0.25, 0.3) is 0 Å². The van der Waals surface area contributed by atoms with E-state index in [1.807, 2.05) is 16.8 Å². The molecule has 0 N–H and O–H groups in total. The molecule has 35 heavy (non-hydrogen) atoms. The fraction of sp³-hybridized carbons (Fsp3) is 0.519. The lowest BCUT2D eigenvalue weighted by atomic mass is 10.0. The van der Waals surface area contributed by atoms with Gasteiger partial charge in [-0.2, -0.15) is 0 Å². The number of aryl methyl sites for hydroxylation is 2. The summed E-state index contributed by atoms with van der Waals surface area (Å²) >= 11 is 0. The third-order valence-electron chi connectivity index (χ3n) is 6.71. The summed E-state index contributed by atoms with van der Waals surface area (Å²) < 4.78 is 12.8. The first kappa shape index (κ1) is 25.1. The number of rotatable bonds is 11. The van der Waals surface area contributed by atoms with Crippen LogP contribution in [-0.4, -0.2) is 70.4 Å². The Balaban J connectivity index is 1.42. The minimum absolute atomic E-state index is 0.217. The molecular weight excluding hydrogens is 440 g/mol. The monoisotopic (exact) mass is 478 g/mol. The van der Waals surface area contributed by atoms with E-state index in [-0.39, 0.29) is 6.04 Å². The Labute approximate surface area is 208 Å². The van der Waals surface area contributed by atoms with E-state index in [9.17, 15) is 0 Å². The molecule has 1 unspecified atom stereocenters. The molecule has 8 nitrogen and oxygen atoms in total. The van der Waals surface area contributed by atoms with Crippen molar-refractivity contribution >= 4 is 0 Å². The molecule has 1 fully saturated rings. The van der Waals surface area contributed by atoms with Gasteiger partial charge >= 0.3 is 0 Å². The summed E-state index contributed by atoms with van der Waals surface area (Å²) in [6.07, 6.45) is 1.85. The normalized spacial score (nSPS) is 15.9. The lowest BCUT2D eigenvalue weighted by Crippen LogP contribution is -2.48. The fourth-order valence-electron chi connectivity index (χ4n) is 4.82. The largest absolute Gasteiger partial charge is 0.493 e. The summed E-state index contributed by atoms with van der Waals surface area (Å²) in [7, 11) is 3.32. The van der Waals surface area contributed by atoms with Crippen LogP contribution in [0.4, 0.5) is 0 Å². The molecule has 8 heteroatoms. The molecular formula is C27H38N6O2. The SMILES string of the molecule is COc1ccc(CCn2nnnc2C(CC(C)C)N2CCN(Cc3ccccc3)CC2)cc1OC. The number of hydrogen-bond donors (Lipinski definition) is 0. The molecule has 188 valence electrons. The molecule has 3 aromatic rings. The second-order valence-corrected chi connectivity index (χ2v) is 9.64. The number of tetrazole rings is 1. The van der Waals surface area contributed by atoms with Crippen LogP contribution >= 0.6 is 0 Å². The van der Waals surface area contributed by atoms with Gasteiger partial charge in [0.15, 0.2) is 17.3 Å². The quantitative estimate of drug-likeness (QED) is 0.415. The molecule has 0 saturated carbocycles. The third kappa shape index (κ3) is 6.58. The lowest BCUT2D eigenvalue weighted by molar-refractivity contribution is 0.0767. The molecule has 0 bridgehead atoms. The molecule has 1 aliphatic heterocycles. The van der Waals surface area contributed by atoms with Gasteiger partial charge in [0.1, 0.15) is 0 Å². The van der Waals surface area contributed by atoms with E-state index >= 15 is 0 Å². The maximum absolute atomic E-state index is 5.46. The van der Waals surface area contributed by atoms with Crippen molar-refractivity contribution in [1.82, 2.24) is 30.0 Å². The topological polar surface area (TPSA) is 68.5 Å². The minimum atomic E-state index is 0.217. The van der Waals surface area contributed by atoms with Crippen LogP contribution in [0.2, 0.25) is 0 Å². The Bertz CT molecular complexity index is 1050. The number of methoxy groups -OCH3 is 2. The van der Waals surface area contributed by atoms with Crippen molar-refractivity contribution in [2.24, 2.45) is 5.92 Å². The van der Waals surface area contributed by atoms with Crippen LogP contribution in [0, 0.1) is 5.92 Å². The molecule has 4 rings (SSSR count). The summed E-state index contributed by atoms with van der Waals surface area (Å²) in [4.78, 5) is 5.11. The standard InChI is InChI=1S/C27H38N6O2/c1-21(2)18-24(32-16-14-31(15-17-32)20-23-8-6-5-7-9-23)27-28-29-30-33(27)13-12-22-10-11-25(34-3)26(19-22)35-4/h5-11,19,21,24H,12-18,20H2,1-4H3. The summed E-state index contributed by atoms with van der Waals surface area (Å²) in [5, 5.41) is 12.9. The first-order valence-corrected chi connectivity index (χ1v) is 12.5. The van der Waals surface area contributed by atoms with E-state index in [0.717, 1.165) is 69.4 Å². The van der Waals surface area contributed by atoms with E-state index < -0.39 is 0 Å². The molecule has 0 spiro atoms. The van der Waals surface area contributed by atoms with E-state index in [1.165, 1.54) is 11.1 Å². The molecule has 1 aliphatic rings. The van der Waals surface area contributed by atoms with Crippen molar-refractivity contribution in [3.05, 3.63) is 65.5 Å². The lowest BCUT2D eigenvalue weighted by Gasteiger charge is -2.39. The highest BCUT2D eigenvalue weighted by atomic mass is 16.5. The highest BCUT2D eigenvalue weighted by molar-refractivity contribution is 5.42. The van der Waals surface area contributed by atoms with Gasteiger partial charge in [0.2, 0.25) is 0 Å². The number of aromatic nitrogens is 4. The number of benzene rings is 2. The summed E-state index contributed by atoms with van der Waals surface area (Å²) in [6.45, 7) is 10.4. The van der Waals surface area contributed by atoms with E-state index in [4.69, 9.17) is 9.47 Å². The van der Waals surface area contributed by atoms with Crippen molar-refractivity contribution in [2.45, 2.75) is 45.8 Å². The van der Waals surface area contributed by atoms with Crippen LogP contribution in [0.3, 0.4) is 0 Å². The van der Waals surface area contributed by atoms with Gasteiger partial charge in [0.05, 0.1) is 20.3 Å². The fourth-order valence-corrected chi connectivity index (χ4v) is 4.82. The van der Waals surface area contributed by atoms with Gasteiger partial charge in [-0.3, -0.25) is 9.80 Å². The third-order valence-corrected chi connectivity index (χ3v) is 6.71. The zero-order valence-corrected chi connectivity index (χ0v) is 21.4. The molecule has 0 radical (unpaired) electrons. The Kier molecular flexibility index (Phi) is 8.71. The maximum Gasteiger partial charge on any atom is 0.168 e. The van der Waals surface area contributed by atoms with E-state index in [2.05, 4.69) is 75.6 Å². The minimum Gasteiger partial charge on any atom is -0.493 e. The van der Waals surface area contributed by atoms with Crippen LogP contribution in [0.25, 0.3) is 0 Å². The van der Waals surface area contributed by atoms with Crippen molar-refractivity contribution in [1.29, 1.82) is 0 Å². The average Bonchev–Trinajstić information content (AvgIpc) is 3.35. The van der Waals surface area contributed by atoms with Crippen LogP contribution in [0.1, 0.15) is 43.3 Å². The van der Waals surface area contributed by atoms with Crippen molar-refractivity contribution in [3.63, 3.8) is 0 Å². The van der Waals surface area contributed by atoms with Gasteiger partial charge in [-0.1, -0.05) is 50.2 Å². The Morgan fingerprint density at radius 3 is 2.31 bits per heavy atom. The number of hydrogen-bond acceptors (Lipinski definition) is 7. The molecule has 2 heterocycles. The van der Waals surface area contributed by atoms with Crippen LogP contribution in [0.5, 0.6) is 11.5 Å². The van der Waals surface area contributed by atoms with Gasteiger partial charge in [-0.05, 0) is 52.4 Å². The van der Waals surface area contributed by atoms with Crippen LogP contribution < -0.4 is 9.47 Å². The van der Waals surface area contributed by atoms with Gasteiger partial charge in [-0.25, -0.2) is 4.68 Å². The predicted molar refractivity (Wildman–Crippen MR) is 137 cm³/mol. The van der Waals surface area contributed by atoms with Gasteiger partial charge in [0, 0.05) is 39.3 Å². The van der Waals surface area contributed by atoms with E-state index in [0.29, 0.717) is 5.92 Å². The van der Waals surface area contributed by atoms with Gasteiger partial charge in [-0.15, -0.1) is 5.10 Å². The summed E-state index contributed by atoms with van der Waals surface area (Å²) in [6, 6.07) is 17.0. The molecule has 0 aliphatic carbocycles. The Morgan fingerprint density at radius 2 is 1.63 bits per heavy atom. The van der Waals surface area contributed by atoms with Crippen LogP contribution in [-0.2, 0) is 19.5 Å². The first-order chi connectivity index (χ1) is 17.1. The average molecular weight is 479 g/mol. The number of nitrogens with zero attached hydrogens (tertiary/aromatic N) is 6. The van der Waals surface area contributed by atoms with Crippen molar-refractivity contribution in [2.75, 3.05) is 40.4 Å². The molecule has 1 atom stereocenters. The first-order valence-electron chi connectivity index (χ1n) is 12.5. The zero-order valence-electron chi connectivity index (χ0n) is 21.4. The van der Waals surface area contributed by atoms with Gasteiger partial charge < -0.3 is 9.47 Å². The molecule has 1 aromatic heterocycles. The summed E-state index contributed by atoms with van der Waals surface area (Å²) in [5.74, 6) is 3.00. The Morgan fingerprint density at radius 1 is 0.886 bits per heavy atom. The maximum atomic E-state index is 5.46. The number of ether oxygens (including phenoxy) is 2. The second-order valence-electron chi connectivity index (χ2n) is 9.64. The van der Waals surface area contributed by atoms with Crippen LogP contribution in [0.15, 0.2) is 48.5 Å². The molecule has 1 saturated heterocycles. The number of piperazine rings is 1. The molecule has 2 aromatic carbocycles. The van der Waals surface area contributed by atoms with Crippen molar-refractivity contribution in [3.8, 4) is 11.5 Å². The van der Waals surface area contributed by atoms with Crippen molar-refractivity contribution < 1.29 is 9.47 Å². The zero-order chi connectivity index (χ0) is 24.6. The highest BCUT2D eigenvalue weighted by Gasteiger charge is 2.29.